The van der Waals surface area contributed by atoms with Crippen molar-refractivity contribution in [2.45, 2.75) is 37.7 Å². The molecule has 54 heavy (non-hydrogen) atoms. The number of nitrogens with one attached hydrogen (secondary N) is 3. The van der Waals surface area contributed by atoms with Gasteiger partial charge in [-0.15, -0.1) is 0 Å². The molecule has 0 spiro atoms. The summed E-state index contributed by atoms with van der Waals surface area (Å²) in [5.74, 6) is -3.85. The van der Waals surface area contributed by atoms with E-state index in [4.69, 9.17) is 14.0 Å². The maximum absolute atomic E-state index is 14.6. The SMILES string of the molecule is COC(=O)C(Cc1c[nH]c2ccccc12)NC(=O)C(Cc1conc1-c1ccccc1)CP(=O)(O)C(Cc1ccccc1)NC(=O)OCc1ccccc1. The first-order valence-electron chi connectivity index (χ1n) is 17.4. The van der Waals surface area contributed by atoms with E-state index in [0.717, 1.165) is 27.6 Å². The van der Waals surface area contributed by atoms with Crippen molar-refractivity contribution in [2.75, 3.05) is 13.3 Å². The molecule has 2 amide bonds. The van der Waals surface area contributed by atoms with Gasteiger partial charge in [0.05, 0.1) is 13.0 Å². The third-order valence-corrected chi connectivity index (χ3v) is 11.4. The molecule has 0 aliphatic rings. The van der Waals surface area contributed by atoms with E-state index in [0.29, 0.717) is 16.8 Å². The molecule has 4 atom stereocenters. The molecule has 0 radical (unpaired) electrons. The zero-order valence-corrected chi connectivity index (χ0v) is 30.5. The van der Waals surface area contributed by atoms with Gasteiger partial charge in [0.2, 0.25) is 13.3 Å². The Morgan fingerprint density at radius 2 is 1.46 bits per heavy atom. The minimum absolute atomic E-state index is 0.0166. The highest BCUT2D eigenvalue weighted by atomic mass is 31.2. The number of esters is 1. The van der Waals surface area contributed by atoms with Gasteiger partial charge in [-0.3, -0.25) is 9.36 Å². The summed E-state index contributed by atoms with van der Waals surface area (Å²) in [4.78, 5) is 55.7. The molecule has 0 fully saturated rings. The molecule has 12 nitrogen and oxygen atoms in total. The van der Waals surface area contributed by atoms with Gasteiger partial charge in [-0.05, 0) is 29.2 Å². The van der Waals surface area contributed by atoms with Crippen LogP contribution in [0.3, 0.4) is 0 Å². The van der Waals surface area contributed by atoms with Crippen LogP contribution in [0.2, 0.25) is 0 Å². The number of alkyl carbamates (subject to hydrolysis) is 1. The van der Waals surface area contributed by atoms with Gasteiger partial charge in [-0.2, -0.15) is 0 Å². The van der Waals surface area contributed by atoms with E-state index in [2.05, 4.69) is 20.8 Å². The number of rotatable bonds is 16. The molecular weight excluding hydrogens is 707 g/mol. The second-order valence-corrected chi connectivity index (χ2v) is 15.5. The average Bonchev–Trinajstić information content (AvgIpc) is 3.84. The van der Waals surface area contributed by atoms with Crippen molar-refractivity contribution in [3.05, 3.63) is 150 Å². The van der Waals surface area contributed by atoms with Gasteiger partial charge in [0.1, 0.15) is 30.4 Å². The highest BCUT2D eigenvalue weighted by Crippen LogP contribution is 2.49. The molecule has 4 unspecified atom stereocenters. The number of amides is 2. The molecule has 2 heterocycles. The first kappa shape index (κ1) is 37.8. The van der Waals surface area contributed by atoms with Crippen molar-refractivity contribution < 1.29 is 37.8 Å². The number of nitrogens with zero attached hydrogens (tertiary/aromatic N) is 1. The predicted octanol–water partition coefficient (Wildman–Crippen LogP) is 6.65. The lowest BCUT2D eigenvalue weighted by Gasteiger charge is -2.28. The number of aromatic nitrogens is 2. The number of fused-ring (bicyclic) bond motifs is 1. The van der Waals surface area contributed by atoms with Crippen molar-refractivity contribution in [1.82, 2.24) is 20.8 Å². The van der Waals surface area contributed by atoms with Crippen LogP contribution in [-0.4, -0.2) is 58.1 Å². The van der Waals surface area contributed by atoms with E-state index in [9.17, 15) is 23.8 Å². The molecule has 4 aromatic carbocycles. The third-order valence-electron chi connectivity index (χ3n) is 9.17. The smallest absolute Gasteiger partial charge is 0.408 e. The average molecular weight is 749 g/mol. The molecule has 6 rings (SSSR count). The van der Waals surface area contributed by atoms with Crippen LogP contribution in [0, 0.1) is 5.92 Å². The van der Waals surface area contributed by atoms with Gasteiger partial charge in [0, 0.05) is 47.2 Å². The minimum Gasteiger partial charge on any atom is -0.467 e. The molecule has 0 aliphatic heterocycles. The summed E-state index contributed by atoms with van der Waals surface area (Å²) in [5, 5.41) is 10.5. The fraction of sp³-hybridized carbons (Fsp3) is 0.220. The van der Waals surface area contributed by atoms with Crippen molar-refractivity contribution in [3.63, 3.8) is 0 Å². The second-order valence-electron chi connectivity index (χ2n) is 13.0. The molecule has 0 aliphatic carbocycles. The number of hydrogen-bond donors (Lipinski definition) is 4. The van der Waals surface area contributed by atoms with E-state index in [1.165, 1.54) is 13.4 Å². The fourth-order valence-electron chi connectivity index (χ4n) is 6.36. The van der Waals surface area contributed by atoms with Gasteiger partial charge in [-0.25, -0.2) is 9.59 Å². The molecule has 4 N–H and O–H groups in total. The van der Waals surface area contributed by atoms with Crippen molar-refractivity contribution in [3.8, 4) is 11.3 Å². The van der Waals surface area contributed by atoms with Crippen LogP contribution < -0.4 is 10.6 Å². The molecule has 2 aromatic heterocycles. The molecule has 0 saturated carbocycles. The van der Waals surface area contributed by atoms with E-state index in [-0.39, 0.29) is 25.9 Å². The summed E-state index contributed by atoms with van der Waals surface area (Å²) in [6.45, 7) is -0.0490. The molecule has 278 valence electrons. The predicted molar refractivity (Wildman–Crippen MR) is 203 cm³/mol. The van der Waals surface area contributed by atoms with E-state index >= 15 is 0 Å². The van der Waals surface area contributed by atoms with Crippen molar-refractivity contribution in [2.24, 2.45) is 5.92 Å². The zero-order chi connectivity index (χ0) is 37.9. The second kappa shape index (κ2) is 17.7. The Bertz CT molecular complexity index is 2210. The summed E-state index contributed by atoms with van der Waals surface area (Å²) in [6, 6.07) is 33.7. The van der Waals surface area contributed by atoms with Crippen LogP contribution in [0.25, 0.3) is 22.2 Å². The zero-order valence-electron chi connectivity index (χ0n) is 29.6. The third kappa shape index (κ3) is 9.71. The Hall–Kier alpha value is -5.97. The normalized spacial score (nSPS) is 14.0. The van der Waals surface area contributed by atoms with Crippen molar-refractivity contribution in [1.29, 1.82) is 0 Å². The van der Waals surface area contributed by atoms with Crippen LogP contribution in [0.4, 0.5) is 4.79 Å². The lowest BCUT2D eigenvalue weighted by atomic mass is 9.97. The highest BCUT2D eigenvalue weighted by molar-refractivity contribution is 7.58. The Balaban J connectivity index is 1.29. The quantitative estimate of drug-likeness (QED) is 0.0625. The van der Waals surface area contributed by atoms with Gasteiger partial charge >= 0.3 is 12.1 Å². The van der Waals surface area contributed by atoms with Gasteiger partial charge in [0.15, 0.2) is 0 Å². The molecular formula is C41H41N4O8P. The Morgan fingerprint density at radius 1 is 0.815 bits per heavy atom. The number of para-hydroxylation sites is 1. The number of carbonyl (C=O) groups is 3. The van der Waals surface area contributed by atoms with E-state index in [1.54, 1.807) is 42.6 Å². The molecule has 6 aromatic rings. The van der Waals surface area contributed by atoms with Gasteiger partial charge < -0.3 is 34.5 Å². The largest absolute Gasteiger partial charge is 0.467 e. The monoisotopic (exact) mass is 748 g/mol. The molecule has 0 saturated heterocycles. The Morgan fingerprint density at radius 3 is 2.17 bits per heavy atom. The maximum atomic E-state index is 14.6. The van der Waals surface area contributed by atoms with Crippen molar-refractivity contribution >= 4 is 36.2 Å². The number of ether oxygens (including phenoxy) is 2. The number of methoxy groups -OCH3 is 1. The fourth-order valence-corrected chi connectivity index (χ4v) is 8.35. The van der Waals surface area contributed by atoms with Gasteiger partial charge in [-0.1, -0.05) is 114 Å². The van der Waals surface area contributed by atoms with E-state index in [1.807, 2.05) is 78.9 Å². The maximum Gasteiger partial charge on any atom is 0.408 e. The standard InChI is InChI=1S/C41H41N4O8P/c1-51-40(47)36(23-31-24-42-35-20-12-11-19-34(31)35)43-39(46)33(22-32-26-53-45-38(32)30-17-9-4-10-18-30)27-54(49,50)37(21-28-13-5-2-6-14-28)44-41(48)52-25-29-15-7-3-8-16-29/h2-20,24,26,33,36-37,42H,21-23,25,27H2,1H3,(H,43,46)(H,44,48)(H,49,50). The summed E-state index contributed by atoms with van der Waals surface area (Å²) < 4.78 is 30.4. The van der Waals surface area contributed by atoms with Crippen LogP contribution in [0.1, 0.15) is 22.3 Å². The topological polar surface area (TPSA) is 173 Å². The summed E-state index contributed by atoms with van der Waals surface area (Å²) >= 11 is 0. The number of aromatic amines is 1. The Kier molecular flexibility index (Phi) is 12.4. The Labute approximate surface area is 312 Å². The first-order chi connectivity index (χ1) is 26.2. The summed E-state index contributed by atoms with van der Waals surface area (Å²) in [7, 11) is -3.21. The number of H-pyrrole nitrogens is 1. The number of carbonyl (C=O) groups excluding carboxylic acids is 3. The summed E-state index contributed by atoms with van der Waals surface area (Å²) in [5.41, 5.74) is 4.78. The minimum atomic E-state index is -4.44. The van der Waals surface area contributed by atoms with Gasteiger partial charge in [0.25, 0.3) is 0 Å². The van der Waals surface area contributed by atoms with Crippen LogP contribution >= 0.6 is 7.37 Å². The summed E-state index contributed by atoms with van der Waals surface area (Å²) in [6.07, 6.45) is 1.74. The van der Waals surface area contributed by atoms with Crippen LogP contribution in [0.5, 0.6) is 0 Å². The van der Waals surface area contributed by atoms with E-state index < -0.39 is 49.2 Å². The number of benzene rings is 4. The van der Waals surface area contributed by atoms with Crippen LogP contribution in [-0.2, 0) is 49.5 Å². The molecule has 0 bridgehead atoms. The van der Waals surface area contributed by atoms with Crippen LogP contribution in [0.15, 0.2) is 132 Å². The molecule has 13 heteroatoms. The lowest BCUT2D eigenvalue weighted by molar-refractivity contribution is -0.145. The lowest BCUT2D eigenvalue weighted by Crippen LogP contribution is -2.47. The number of hydrogen-bond acceptors (Lipinski definition) is 8. The highest BCUT2D eigenvalue weighted by Gasteiger charge is 2.39. The first-order valence-corrected chi connectivity index (χ1v) is 19.4.